The van der Waals surface area contributed by atoms with Gasteiger partial charge in [-0.1, -0.05) is 6.07 Å². The number of hydrogen-bond donors (Lipinski definition) is 4. The van der Waals surface area contributed by atoms with Gasteiger partial charge in [-0.15, -0.1) is 0 Å². The molecule has 0 radical (unpaired) electrons. The number of carbonyl (C=O) groups excluding carboxylic acids is 1. The minimum Gasteiger partial charge on any atom is -0.493 e. The van der Waals surface area contributed by atoms with Crippen LogP contribution in [0.1, 0.15) is 12.0 Å². The van der Waals surface area contributed by atoms with Gasteiger partial charge in [0, 0.05) is 12.1 Å². The van der Waals surface area contributed by atoms with Crippen LogP contribution in [0, 0.1) is 10.1 Å². The highest BCUT2D eigenvalue weighted by atomic mass is 16.6. The van der Waals surface area contributed by atoms with Crippen molar-refractivity contribution < 1.29 is 29.1 Å². The maximum atomic E-state index is 12.3. The van der Waals surface area contributed by atoms with Gasteiger partial charge in [-0.25, -0.2) is 0 Å². The summed E-state index contributed by atoms with van der Waals surface area (Å²) < 4.78 is 10.4. The number of nitrogens with zero attached hydrogens (tertiary/aromatic N) is 1. The van der Waals surface area contributed by atoms with Crippen molar-refractivity contribution in [2.24, 2.45) is 0 Å². The maximum Gasteiger partial charge on any atom is 0.321 e. The number of ether oxygens (including phenoxy) is 2. The monoisotopic (exact) mass is 432 g/mol. The van der Waals surface area contributed by atoms with E-state index < -0.39 is 22.8 Å². The Balaban J connectivity index is 1.96. The summed E-state index contributed by atoms with van der Waals surface area (Å²) in [5, 5.41) is 25.5. The molecule has 0 fully saturated rings. The van der Waals surface area contributed by atoms with E-state index in [4.69, 9.17) is 15.2 Å². The van der Waals surface area contributed by atoms with Crippen molar-refractivity contribution in [3.63, 3.8) is 0 Å². The van der Waals surface area contributed by atoms with Gasteiger partial charge in [-0.2, -0.15) is 0 Å². The first-order valence-electron chi connectivity index (χ1n) is 9.26. The fraction of sp³-hybridized carbons (Fsp3) is 0.300. The molecular weight excluding hydrogens is 408 g/mol. The van der Waals surface area contributed by atoms with Crippen LogP contribution in [-0.4, -0.2) is 48.7 Å². The Bertz CT molecular complexity index is 965. The number of anilines is 2. The number of nitrogen functional groups attached to an aromatic ring is 1. The van der Waals surface area contributed by atoms with Crippen LogP contribution in [0.3, 0.4) is 0 Å². The predicted molar refractivity (Wildman–Crippen MR) is 113 cm³/mol. The minimum absolute atomic E-state index is 0.0497. The fourth-order valence-electron chi connectivity index (χ4n) is 2.83. The molecule has 0 spiro atoms. The van der Waals surface area contributed by atoms with E-state index in [1.807, 2.05) is 6.07 Å². The first-order chi connectivity index (χ1) is 14.7. The molecule has 5 N–H and O–H groups in total. The Morgan fingerprint density at radius 1 is 1.16 bits per heavy atom. The van der Waals surface area contributed by atoms with Crippen LogP contribution < -0.4 is 25.8 Å². The van der Waals surface area contributed by atoms with Gasteiger partial charge in [0.25, 0.3) is 5.69 Å². The molecule has 0 saturated carbocycles. The van der Waals surface area contributed by atoms with Crippen LogP contribution in [0.15, 0.2) is 36.4 Å². The average molecular weight is 432 g/mol. The Kier molecular flexibility index (Phi) is 8.15. The second kappa shape index (κ2) is 10.8. The fourth-order valence-corrected chi connectivity index (χ4v) is 2.83. The summed E-state index contributed by atoms with van der Waals surface area (Å²) in [6, 6.07) is 7.84. The molecule has 1 unspecified atom stereocenters. The van der Waals surface area contributed by atoms with E-state index in [-0.39, 0.29) is 23.5 Å². The quantitative estimate of drug-likeness (QED) is 0.235. The first-order valence-corrected chi connectivity index (χ1v) is 9.26. The summed E-state index contributed by atoms with van der Waals surface area (Å²) in [5.41, 5.74) is 6.56. The van der Waals surface area contributed by atoms with Gasteiger partial charge in [-0.3, -0.25) is 19.7 Å². The van der Waals surface area contributed by atoms with Crippen LogP contribution in [0.25, 0.3) is 0 Å². The summed E-state index contributed by atoms with van der Waals surface area (Å²) >= 11 is 0. The van der Waals surface area contributed by atoms with Gasteiger partial charge in [0.1, 0.15) is 6.04 Å². The van der Waals surface area contributed by atoms with Crippen molar-refractivity contribution in [2.45, 2.75) is 18.9 Å². The van der Waals surface area contributed by atoms with Crippen molar-refractivity contribution >= 4 is 28.9 Å². The van der Waals surface area contributed by atoms with Crippen molar-refractivity contribution in [1.29, 1.82) is 0 Å². The van der Waals surface area contributed by atoms with Crippen LogP contribution >= 0.6 is 0 Å². The number of benzene rings is 2. The smallest absolute Gasteiger partial charge is 0.321 e. The van der Waals surface area contributed by atoms with E-state index >= 15 is 0 Å². The average Bonchev–Trinajstić information content (AvgIpc) is 2.74. The van der Waals surface area contributed by atoms with Crippen molar-refractivity contribution in [3.8, 4) is 11.5 Å². The van der Waals surface area contributed by atoms with Gasteiger partial charge < -0.3 is 30.9 Å². The second-order valence-corrected chi connectivity index (χ2v) is 6.57. The number of nitro groups is 1. The van der Waals surface area contributed by atoms with E-state index in [9.17, 15) is 24.8 Å². The highest BCUT2D eigenvalue weighted by molar-refractivity contribution is 5.96. The number of carbonyl (C=O) groups is 2. The molecular formula is C20H24N4O7. The summed E-state index contributed by atoms with van der Waals surface area (Å²) in [7, 11) is 3.05. The van der Waals surface area contributed by atoms with Gasteiger partial charge in [-0.05, 0) is 36.7 Å². The first kappa shape index (κ1) is 23.4. The number of nitrogens with two attached hydrogens (primary N) is 1. The number of methoxy groups -OCH3 is 2. The highest BCUT2D eigenvalue weighted by Gasteiger charge is 2.21. The number of nitrogens with one attached hydrogen (secondary N) is 2. The molecule has 11 nitrogen and oxygen atoms in total. The Morgan fingerprint density at radius 2 is 1.87 bits per heavy atom. The van der Waals surface area contributed by atoms with Crippen LogP contribution in [0.2, 0.25) is 0 Å². The predicted octanol–water partition coefficient (Wildman–Crippen LogP) is 1.81. The third kappa shape index (κ3) is 6.57. The lowest BCUT2D eigenvalue weighted by Crippen LogP contribution is -2.40. The zero-order valence-corrected chi connectivity index (χ0v) is 17.1. The molecule has 166 valence electrons. The normalized spacial score (nSPS) is 11.4. The number of rotatable bonds is 11. The van der Waals surface area contributed by atoms with E-state index in [0.29, 0.717) is 24.5 Å². The van der Waals surface area contributed by atoms with Crippen molar-refractivity contribution in [2.75, 3.05) is 31.8 Å². The summed E-state index contributed by atoms with van der Waals surface area (Å²) in [6.45, 7) is 0.290. The molecule has 0 saturated heterocycles. The standard InChI is InChI=1S/C20H24N4O7/c1-30-17-6-3-12(9-18(17)31-2)7-8-22-16(20(26)27)11-19(25)23-15-10-13(24(28)29)4-5-14(15)21/h3-6,9-10,16,22H,7-8,11,21H2,1-2H3,(H,23,25)(H,26,27). The molecule has 0 aromatic heterocycles. The molecule has 0 aliphatic heterocycles. The van der Waals surface area contributed by atoms with Gasteiger partial charge in [0.15, 0.2) is 11.5 Å². The third-order valence-corrected chi connectivity index (χ3v) is 4.46. The van der Waals surface area contributed by atoms with Crippen molar-refractivity contribution in [1.82, 2.24) is 5.32 Å². The minimum atomic E-state index is -1.20. The number of amides is 1. The lowest BCUT2D eigenvalue weighted by Gasteiger charge is -2.15. The van der Waals surface area contributed by atoms with Crippen LogP contribution in [0.5, 0.6) is 11.5 Å². The molecule has 1 amide bonds. The lowest BCUT2D eigenvalue weighted by molar-refractivity contribution is -0.384. The number of aliphatic carboxylic acids is 1. The molecule has 1 atom stereocenters. The summed E-state index contributed by atoms with van der Waals surface area (Å²) in [4.78, 5) is 34.1. The molecule has 11 heteroatoms. The number of nitro benzene ring substituents is 1. The Hall–Kier alpha value is -3.86. The van der Waals surface area contributed by atoms with E-state index in [2.05, 4.69) is 10.6 Å². The lowest BCUT2D eigenvalue weighted by atomic mass is 10.1. The van der Waals surface area contributed by atoms with Gasteiger partial charge in [0.05, 0.1) is 36.9 Å². The largest absolute Gasteiger partial charge is 0.493 e. The summed E-state index contributed by atoms with van der Waals surface area (Å²) in [5.74, 6) is -0.698. The van der Waals surface area contributed by atoms with Crippen molar-refractivity contribution in [3.05, 3.63) is 52.1 Å². The Morgan fingerprint density at radius 3 is 2.48 bits per heavy atom. The number of hydrogen-bond acceptors (Lipinski definition) is 8. The number of carboxylic acid groups (broad SMARTS) is 1. The van der Waals surface area contributed by atoms with E-state index in [0.717, 1.165) is 11.6 Å². The molecule has 2 aromatic rings. The van der Waals surface area contributed by atoms with E-state index in [1.165, 1.54) is 26.4 Å². The maximum absolute atomic E-state index is 12.3. The third-order valence-electron chi connectivity index (χ3n) is 4.46. The molecule has 0 bridgehead atoms. The van der Waals surface area contributed by atoms with Gasteiger partial charge >= 0.3 is 5.97 Å². The molecule has 31 heavy (non-hydrogen) atoms. The van der Waals surface area contributed by atoms with Gasteiger partial charge in [0.2, 0.25) is 5.91 Å². The summed E-state index contributed by atoms with van der Waals surface area (Å²) in [6.07, 6.45) is 0.104. The highest BCUT2D eigenvalue weighted by Crippen LogP contribution is 2.27. The number of non-ortho nitro benzene ring substituents is 1. The molecule has 2 aromatic carbocycles. The molecule has 0 aliphatic carbocycles. The van der Waals surface area contributed by atoms with E-state index in [1.54, 1.807) is 12.1 Å². The molecule has 2 rings (SSSR count). The number of carboxylic acids is 1. The second-order valence-electron chi connectivity index (χ2n) is 6.57. The Labute approximate surface area is 178 Å². The zero-order valence-electron chi connectivity index (χ0n) is 17.1. The topological polar surface area (TPSA) is 166 Å². The SMILES string of the molecule is COc1ccc(CCNC(CC(=O)Nc2cc([N+](=O)[O-])ccc2N)C(=O)O)cc1OC. The van der Waals surface area contributed by atoms with Crippen LogP contribution in [0.4, 0.5) is 17.1 Å². The zero-order chi connectivity index (χ0) is 23.0. The molecule has 0 heterocycles. The molecule has 0 aliphatic rings. The van der Waals surface area contributed by atoms with Crippen LogP contribution in [-0.2, 0) is 16.0 Å².